The van der Waals surface area contributed by atoms with Crippen LogP contribution in [-0.4, -0.2) is 87.5 Å². The van der Waals surface area contributed by atoms with Crippen LogP contribution < -0.4 is 20.7 Å². The van der Waals surface area contributed by atoms with E-state index in [0.29, 0.717) is 71.7 Å². The molecule has 1 saturated heterocycles. The first-order valence-electron chi connectivity index (χ1n) is 22.5. The Bertz CT molecular complexity index is 2950. The summed E-state index contributed by atoms with van der Waals surface area (Å²) in [6.07, 6.45) is 7.38. The van der Waals surface area contributed by atoms with Crippen molar-refractivity contribution in [3.05, 3.63) is 140 Å². The first-order valence-corrected chi connectivity index (χ1v) is 22.5. The number of aliphatic hydroxyl groups excluding tert-OH is 1. The van der Waals surface area contributed by atoms with E-state index in [-0.39, 0.29) is 37.2 Å². The Morgan fingerprint density at radius 3 is 2.41 bits per heavy atom. The van der Waals surface area contributed by atoms with E-state index in [1.54, 1.807) is 6.20 Å². The number of nitrogen functional groups attached to an aromatic ring is 1. The van der Waals surface area contributed by atoms with Crippen molar-refractivity contribution >= 4 is 45.6 Å². The van der Waals surface area contributed by atoms with E-state index in [1.165, 1.54) is 6.33 Å². The minimum absolute atomic E-state index is 0.115. The van der Waals surface area contributed by atoms with Gasteiger partial charge in [0.15, 0.2) is 5.65 Å². The highest BCUT2D eigenvalue weighted by molar-refractivity contribution is 5.98. The smallest absolute Gasteiger partial charge is 0.251 e. The van der Waals surface area contributed by atoms with E-state index in [0.717, 1.165) is 52.0 Å². The number of pyridine rings is 1. The second-order valence-electron chi connectivity index (χ2n) is 16.9. The fraction of sp³-hybridized carbons (Fsp3) is 0.275. The van der Waals surface area contributed by atoms with Gasteiger partial charge in [-0.1, -0.05) is 62.0 Å². The zero-order valence-corrected chi connectivity index (χ0v) is 37.5. The van der Waals surface area contributed by atoms with E-state index in [2.05, 4.69) is 69.5 Å². The Balaban J connectivity index is 0.953. The molecule has 1 aliphatic rings. The summed E-state index contributed by atoms with van der Waals surface area (Å²) in [6, 6.07) is 33.1. The average molecular weight is 883 g/mol. The second-order valence-corrected chi connectivity index (χ2v) is 16.9. The molecule has 3 aromatic carbocycles. The highest BCUT2D eigenvalue weighted by atomic mass is 16.5. The number of nitrogens with zero attached hydrogens (tertiary/aromatic N) is 10. The Labute approximate surface area is 383 Å². The number of aliphatic hydroxyl groups is 1. The molecule has 66 heavy (non-hydrogen) atoms. The summed E-state index contributed by atoms with van der Waals surface area (Å²) in [7, 11) is 0. The Morgan fingerprint density at radius 1 is 0.924 bits per heavy atom. The van der Waals surface area contributed by atoms with E-state index in [4.69, 9.17) is 25.5 Å². The molecule has 1 aliphatic heterocycles. The molecule has 0 unspecified atom stereocenters. The van der Waals surface area contributed by atoms with Gasteiger partial charge in [0.1, 0.15) is 40.8 Å². The molecule has 4 N–H and O–H groups in total. The van der Waals surface area contributed by atoms with Crippen molar-refractivity contribution in [2.24, 2.45) is 0 Å². The minimum atomic E-state index is -0.381. The SMILES string of the molecule is C=C(CN(c1nc(NCc2ccc(-c3ccccn3)cc2)c2ccn(C(C)C)c2n1)[C@H](CC)CO)C(=O)N1CCC[C@@H](n2nc(-c3ccc(Oc4ccccc4)cc3)c3c(N)ncnc32)C1. The van der Waals surface area contributed by atoms with Crippen LogP contribution in [-0.2, 0) is 11.3 Å². The molecule has 8 aromatic rings. The number of amides is 1. The van der Waals surface area contributed by atoms with Gasteiger partial charge in [-0.2, -0.15) is 15.1 Å². The summed E-state index contributed by atoms with van der Waals surface area (Å²) in [6.45, 7) is 12.0. The van der Waals surface area contributed by atoms with Crippen molar-refractivity contribution in [1.29, 1.82) is 0 Å². The fourth-order valence-electron chi connectivity index (χ4n) is 8.62. The predicted molar refractivity (Wildman–Crippen MR) is 259 cm³/mol. The van der Waals surface area contributed by atoms with Gasteiger partial charge in [0.05, 0.1) is 41.7 Å². The van der Waals surface area contributed by atoms with Crippen molar-refractivity contribution in [3.63, 3.8) is 0 Å². The summed E-state index contributed by atoms with van der Waals surface area (Å²) < 4.78 is 10.0. The summed E-state index contributed by atoms with van der Waals surface area (Å²) in [4.78, 5) is 41.9. The molecule has 0 bridgehead atoms. The van der Waals surface area contributed by atoms with Gasteiger partial charge in [0.2, 0.25) is 5.95 Å². The zero-order valence-electron chi connectivity index (χ0n) is 37.5. The number of aromatic nitrogens is 8. The topological polar surface area (TPSA) is 178 Å². The molecule has 0 radical (unpaired) electrons. The predicted octanol–water partition coefficient (Wildman–Crippen LogP) is 8.86. The Hall–Kier alpha value is -7.65. The molecule has 15 nitrogen and oxygen atoms in total. The van der Waals surface area contributed by atoms with Gasteiger partial charge >= 0.3 is 0 Å². The number of anilines is 3. The normalized spacial score (nSPS) is 14.4. The lowest BCUT2D eigenvalue weighted by atomic mass is 10.0. The zero-order chi connectivity index (χ0) is 45.7. The quantitative estimate of drug-likeness (QED) is 0.0787. The largest absolute Gasteiger partial charge is 0.457 e. The third kappa shape index (κ3) is 9.02. The molecule has 15 heteroatoms. The average Bonchev–Trinajstić information content (AvgIpc) is 3.98. The maximum Gasteiger partial charge on any atom is 0.251 e. The van der Waals surface area contributed by atoms with Crippen LogP contribution in [0.15, 0.2) is 134 Å². The lowest BCUT2D eigenvalue weighted by molar-refractivity contribution is -0.128. The molecule has 6 heterocycles. The number of rotatable bonds is 16. The number of likely N-dealkylation sites (tertiary alicyclic amines) is 1. The summed E-state index contributed by atoms with van der Waals surface area (Å²) in [5.41, 5.74) is 12.7. The summed E-state index contributed by atoms with van der Waals surface area (Å²) in [5, 5.41) is 20.9. The van der Waals surface area contributed by atoms with Gasteiger partial charge in [-0.15, -0.1) is 0 Å². The Morgan fingerprint density at radius 2 is 1.68 bits per heavy atom. The number of hydrogen-bond donors (Lipinski definition) is 3. The van der Waals surface area contributed by atoms with Gasteiger partial charge in [0, 0.05) is 54.8 Å². The van der Waals surface area contributed by atoms with E-state index >= 15 is 0 Å². The summed E-state index contributed by atoms with van der Waals surface area (Å²) >= 11 is 0. The lowest BCUT2D eigenvalue weighted by Gasteiger charge is -2.35. The number of benzene rings is 3. The third-order valence-corrected chi connectivity index (χ3v) is 12.2. The van der Waals surface area contributed by atoms with Crippen LogP contribution in [0.1, 0.15) is 57.7 Å². The van der Waals surface area contributed by atoms with Crippen molar-refractivity contribution in [1.82, 2.24) is 44.2 Å². The molecular weight excluding hydrogens is 829 g/mol. The number of ether oxygens (including phenoxy) is 1. The minimum Gasteiger partial charge on any atom is -0.457 e. The standard InChI is InChI=1S/C51H54N12O3/c1-5-38(31-64)62(51-57-47(42-24-27-61(33(2)3)48(42)58-51)54-28-35-16-18-36(19-17-35)43-15-9-10-25-53-43)29-34(4)50(65)60-26-11-12-39(30-60)63-49-44(46(52)55-32-56-49)45(59-63)37-20-22-41(23-21-37)66-40-13-7-6-8-14-40/h6-10,13-25,27,32-33,38-39,64H,4-5,11-12,26,28-31H2,1-3H3,(H2,52,55,56)(H,54,57,58)/t38-,39-/m1/s1. The first kappa shape index (κ1) is 43.6. The molecular formula is C51H54N12O3. The molecule has 0 saturated carbocycles. The number of nitrogens with two attached hydrogens (primary N) is 1. The monoisotopic (exact) mass is 882 g/mol. The number of carbonyl (C=O) groups excluding carboxylic acids is 1. The number of fused-ring (bicyclic) bond motifs is 2. The lowest BCUT2D eigenvalue weighted by Crippen LogP contribution is -2.45. The molecule has 2 atom stereocenters. The van der Waals surface area contributed by atoms with Crippen LogP contribution in [0.25, 0.3) is 44.6 Å². The van der Waals surface area contributed by atoms with Crippen LogP contribution in [0.3, 0.4) is 0 Å². The van der Waals surface area contributed by atoms with Crippen LogP contribution in [0.2, 0.25) is 0 Å². The number of piperidine rings is 1. The van der Waals surface area contributed by atoms with Crippen molar-refractivity contribution in [2.45, 2.75) is 64.7 Å². The van der Waals surface area contributed by atoms with E-state index in [1.807, 2.05) is 106 Å². The molecule has 1 amide bonds. The van der Waals surface area contributed by atoms with Crippen LogP contribution in [0.4, 0.5) is 17.6 Å². The van der Waals surface area contributed by atoms with Gasteiger partial charge in [-0.3, -0.25) is 9.78 Å². The molecule has 0 aliphatic carbocycles. The van der Waals surface area contributed by atoms with E-state index < -0.39 is 0 Å². The number of carbonyl (C=O) groups is 1. The van der Waals surface area contributed by atoms with Crippen molar-refractivity contribution in [3.8, 4) is 34.0 Å². The number of para-hydroxylation sites is 1. The third-order valence-electron chi connectivity index (χ3n) is 12.2. The van der Waals surface area contributed by atoms with Crippen LogP contribution in [0, 0.1) is 0 Å². The van der Waals surface area contributed by atoms with Crippen molar-refractivity contribution < 1.29 is 14.6 Å². The van der Waals surface area contributed by atoms with Gasteiger partial charge in [-0.05, 0) is 93.3 Å². The van der Waals surface area contributed by atoms with Gasteiger partial charge < -0.3 is 35.3 Å². The maximum absolute atomic E-state index is 14.5. The van der Waals surface area contributed by atoms with Gasteiger partial charge in [0.25, 0.3) is 5.91 Å². The molecule has 336 valence electrons. The van der Waals surface area contributed by atoms with Crippen molar-refractivity contribution in [2.75, 3.05) is 42.2 Å². The number of nitrogens with one attached hydrogen (secondary N) is 1. The van der Waals surface area contributed by atoms with Crippen LogP contribution in [0.5, 0.6) is 11.5 Å². The van der Waals surface area contributed by atoms with E-state index in [9.17, 15) is 9.90 Å². The van der Waals surface area contributed by atoms with Crippen LogP contribution >= 0.6 is 0 Å². The second kappa shape index (κ2) is 19.2. The molecule has 1 fully saturated rings. The molecule has 5 aromatic heterocycles. The highest BCUT2D eigenvalue weighted by Crippen LogP contribution is 2.36. The molecule has 9 rings (SSSR count). The highest BCUT2D eigenvalue weighted by Gasteiger charge is 2.32. The van der Waals surface area contributed by atoms with Gasteiger partial charge in [-0.25, -0.2) is 14.6 Å². The Kier molecular flexibility index (Phi) is 12.7. The maximum atomic E-state index is 14.5. The number of hydrogen-bond acceptors (Lipinski definition) is 12. The molecule has 0 spiro atoms. The fourth-order valence-corrected chi connectivity index (χ4v) is 8.62. The first-order chi connectivity index (χ1) is 32.2. The summed E-state index contributed by atoms with van der Waals surface area (Å²) in [5.74, 6) is 2.63.